The fourth-order valence-corrected chi connectivity index (χ4v) is 3.40. The van der Waals surface area contributed by atoms with E-state index in [0.29, 0.717) is 60.9 Å². The van der Waals surface area contributed by atoms with E-state index in [0.717, 1.165) is 17.4 Å². The summed E-state index contributed by atoms with van der Waals surface area (Å²) in [6, 6.07) is 7.30. The van der Waals surface area contributed by atoms with Gasteiger partial charge >= 0.3 is 0 Å². The van der Waals surface area contributed by atoms with Crippen molar-refractivity contribution in [2.75, 3.05) is 19.8 Å². The minimum Gasteiger partial charge on any atom is -0.501 e. The fraction of sp³-hybridized carbons (Fsp3) is 0.304. The van der Waals surface area contributed by atoms with Gasteiger partial charge in [0.05, 0.1) is 31.7 Å². The molecule has 0 N–H and O–H groups in total. The predicted molar refractivity (Wildman–Crippen MR) is 111 cm³/mol. The van der Waals surface area contributed by atoms with Crippen molar-refractivity contribution in [3.05, 3.63) is 64.2 Å². The van der Waals surface area contributed by atoms with Crippen molar-refractivity contribution in [2.45, 2.75) is 26.8 Å². The molecule has 2 heterocycles. The Morgan fingerprint density at radius 1 is 1.27 bits per heavy atom. The van der Waals surface area contributed by atoms with Gasteiger partial charge in [-0.25, -0.2) is 0 Å². The van der Waals surface area contributed by atoms with Gasteiger partial charge in [-0.3, -0.25) is 14.6 Å². The lowest BCUT2D eigenvalue weighted by molar-refractivity contribution is 0.0724. The number of hydrogen-bond acceptors (Lipinski definition) is 6. The molecule has 30 heavy (non-hydrogen) atoms. The molecule has 2 aromatic rings. The molecule has 0 bridgehead atoms. The van der Waals surface area contributed by atoms with Gasteiger partial charge in [0.25, 0.3) is 5.91 Å². The van der Waals surface area contributed by atoms with Gasteiger partial charge in [-0.2, -0.15) is 5.26 Å². The maximum absolute atomic E-state index is 13.1. The number of fused-ring (bicyclic) bond motifs is 1. The molecule has 0 spiro atoms. The average Bonchev–Trinajstić information content (AvgIpc) is 2.76. The predicted octanol–water partition coefficient (Wildman–Crippen LogP) is 3.37. The number of ether oxygens (including phenoxy) is 2. The molecular weight excluding hydrogens is 382 g/mol. The Hall–Kier alpha value is -3.66. The molecule has 1 aliphatic rings. The number of amides is 1. The molecule has 154 valence electrons. The molecule has 0 saturated carbocycles. The van der Waals surface area contributed by atoms with Crippen molar-refractivity contribution in [3.63, 3.8) is 0 Å². The summed E-state index contributed by atoms with van der Waals surface area (Å²) in [5, 5.41) is 9.18. The number of rotatable bonds is 8. The van der Waals surface area contributed by atoms with Gasteiger partial charge in [-0.15, -0.1) is 0 Å². The van der Waals surface area contributed by atoms with E-state index in [9.17, 15) is 14.9 Å². The monoisotopic (exact) mass is 405 g/mol. The highest BCUT2D eigenvalue weighted by molar-refractivity contribution is 6.00. The first-order valence-electron chi connectivity index (χ1n) is 9.82. The summed E-state index contributed by atoms with van der Waals surface area (Å²) >= 11 is 0. The molecule has 3 rings (SSSR count). The molecule has 0 atom stereocenters. The molecule has 1 aromatic heterocycles. The molecule has 0 aliphatic carbocycles. The zero-order valence-electron chi connectivity index (χ0n) is 17.1. The van der Waals surface area contributed by atoms with Crippen molar-refractivity contribution in [1.82, 2.24) is 9.88 Å². The third kappa shape index (κ3) is 4.49. The molecule has 0 fully saturated rings. The Morgan fingerprint density at radius 3 is 2.80 bits per heavy atom. The minimum atomic E-state index is -0.157. The Labute approximate surface area is 175 Å². The van der Waals surface area contributed by atoms with E-state index in [1.165, 1.54) is 6.20 Å². The van der Waals surface area contributed by atoms with E-state index < -0.39 is 0 Å². The van der Waals surface area contributed by atoms with Crippen LogP contribution in [0.25, 0.3) is 6.08 Å². The van der Waals surface area contributed by atoms with Crippen LogP contribution < -0.4 is 4.74 Å². The second kappa shape index (κ2) is 9.70. The summed E-state index contributed by atoms with van der Waals surface area (Å²) in [6.07, 6.45) is 6.12. The lowest BCUT2D eigenvalue weighted by Crippen LogP contribution is -2.37. The van der Waals surface area contributed by atoms with Gasteiger partial charge in [0, 0.05) is 29.9 Å². The maximum Gasteiger partial charge on any atom is 0.254 e. The number of benzene rings is 1. The largest absolute Gasteiger partial charge is 0.501 e. The molecule has 1 aliphatic heterocycles. The second-order valence-corrected chi connectivity index (χ2v) is 6.71. The van der Waals surface area contributed by atoms with E-state index in [4.69, 9.17) is 9.47 Å². The molecule has 0 saturated heterocycles. The van der Waals surface area contributed by atoms with Gasteiger partial charge in [0.1, 0.15) is 23.7 Å². The molecule has 1 aromatic carbocycles. The van der Waals surface area contributed by atoms with Crippen LogP contribution in [0.15, 0.2) is 30.7 Å². The SMILES string of the molecule is CCO/C=C/c1cc(C=O)c2c(c1)C(=O)N(Cc1cc(OCC)c(C#N)cn1)CC2. The van der Waals surface area contributed by atoms with Gasteiger partial charge in [-0.05, 0) is 49.6 Å². The van der Waals surface area contributed by atoms with E-state index in [2.05, 4.69) is 11.1 Å². The summed E-state index contributed by atoms with van der Waals surface area (Å²) in [5.74, 6) is 0.302. The van der Waals surface area contributed by atoms with Crippen LogP contribution in [0, 0.1) is 11.3 Å². The smallest absolute Gasteiger partial charge is 0.254 e. The number of nitriles is 1. The van der Waals surface area contributed by atoms with E-state index in [1.807, 2.05) is 13.8 Å². The fourth-order valence-electron chi connectivity index (χ4n) is 3.40. The van der Waals surface area contributed by atoms with E-state index >= 15 is 0 Å². The van der Waals surface area contributed by atoms with Crippen LogP contribution in [0.3, 0.4) is 0 Å². The lowest BCUT2D eigenvalue weighted by Gasteiger charge is -2.29. The highest BCUT2D eigenvalue weighted by Gasteiger charge is 2.27. The Kier molecular flexibility index (Phi) is 6.81. The summed E-state index contributed by atoms with van der Waals surface area (Å²) in [5.41, 5.74) is 3.53. The number of nitrogens with zero attached hydrogens (tertiary/aromatic N) is 3. The molecule has 1 amide bonds. The third-order valence-corrected chi connectivity index (χ3v) is 4.80. The van der Waals surface area contributed by atoms with Gasteiger partial charge in [0.2, 0.25) is 0 Å². The highest BCUT2D eigenvalue weighted by Crippen LogP contribution is 2.26. The van der Waals surface area contributed by atoms with Gasteiger partial charge in [0.15, 0.2) is 0 Å². The zero-order valence-corrected chi connectivity index (χ0v) is 17.1. The van der Waals surface area contributed by atoms with Gasteiger partial charge < -0.3 is 14.4 Å². The van der Waals surface area contributed by atoms with Crippen LogP contribution in [0.2, 0.25) is 0 Å². The van der Waals surface area contributed by atoms with E-state index in [-0.39, 0.29) is 5.91 Å². The van der Waals surface area contributed by atoms with Crippen molar-refractivity contribution in [1.29, 1.82) is 5.26 Å². The van der Waals surface area contributed by atoms with Crippen LogP contribution in [-0.4, -0.2) is 41.8 Å². The third-order valence-electron chi connectivity index (χ3n) is 4.80. The first-order chi connectivity index (χ1) is 14.6. The van der Waals surface area contributed by atoms with Crippen molar-refractivity contribution >= 4 is 18.3 Å². The topological polar surface area (TPSA) is 92.5 Å². The van der Waals surface area contributed by atoms with Crippen molar-refractivity contribution < 1.29 is 19.1 Å². The Bertz CT molecular complexity index is 1020. The van der Waals surface area contributed by atoms with Crippen molar-refractivity contribution in [2.24, 2.45) is 0 Å². The van der Waals surface area contributed by atoms with Crippen molar-refractivity contribution in [3.8, 4) is 11.8 Å². The Balaban J connectivity index is 1.88. The second-order valence-electron chi connectivity index (χ2n) is 6.71. The lowest BCUT2D eigenvalue weighted by atomic mass is 9.92. The first kappa shape index (κ1) is 21.1. The number of pyridine rings is 1. The average molecular weight is 405 g/mol. The summed E-state index contributed by atoms with van der Waals surface area (Å²) in [4.78, 5) is 30.7. The van der Waals surface area contributed by atoms with Crippen LogP contribution in [0.5, 0.6) is 5.75 Å². The summed E-state index contributed by atoms with van der Waals surface area (Å²) < 4.78 is 10.7. The number of aromatic nitrogens is 1. The Morgan fingerprint density at radius 2 is 2.10 bits per heavy atom. The van der Waals surface area contributed by atoms with Crippen LogP contribution >= 0.6 is 0 Å². The van der Waals surface area contributed by atoms with Gasteiger partial charge in [-0.1, -0.05) is 0 Å². The normalized spacial score (nSPS) is 13.1. The molecule has 7 nitrogen and oxygen atoms in total. The summed E-state index contributed by atoms with van der Waals surface area (Å²) in [7, 11) is 0. The standard InChI is InChI=1S/C23H23N3O4/c1-3-29-8-6-16-9-17(15-27)20-5-7-26(23(28)21(20)10-16)14-19-11-22(30-4-2)18(12-24)13-25-19/h6,8-11,13,15H,3-5,7,14H2,1-2H3/b8-6+. The quantitative estimate of drug-likeness (QED) is 0.494. The first-order valence-corrected chi connectivity index (χ1v) is 9.82. The van der Waals surface area contributed by atoms with Crippen LogP contribution in [-0.2, 0) is 17.7 Å². The number of hydrogen-bond donors (Lipinski definition) is 0. The van der Waals surface area contributed by atoms with Crippen LogP contribution in [0.1, 0.15) is 56.9 Å². The maximum atomic E-state index is 13.1. The minimum absolute atomic E-state index is 0.157. The molecular formula is C23H23N3O4. The zero-order chi connectivity index (χ0) is 21.5. The number of aldehydes is 1. The summed E-state index contributed by atoms with van der Waals surface area (Å²) in [6.45, 7) is 5.46. The molecule has 0 radical (unpaired) electrons. The highest BCUT2D eigenvalue weighted by atomic mass is 16.5. The number of carbonyl (C=O) groups excluding carboxylic acids is 2. The molecule has 0 unspecified atom stereocenters. The number of carbonyl (C=O) groups is 2. The van der Waals surface area contributed by atoms with Crippen LogP contribution in [0.4, 0.5) is 0 Å². The van der Waals surface area contributed by atoms with E-state index in [1.54, 1.807) is 35.4 Å². The molecule has 7 heteroatoms.